The second kappa shape index (κ2) is 12.3. The van der Waals surface area contributed by atoms with Gasteiger partial charge < -0.3 is 15.5 Å². The van der Waals surface area contributed by atoms with Gasteiger partial charge in [-0.05, 0) is 14.7 Å². The van der Waals surface area contributed by atoms with Crippen LogP contribution in [0.3, 0.4) is 0 Å². The number of rotatable bonds is 9. The lowest BCUT2D eigenvalue weighted by molar-refractivity contribution is -0.139. The van der Waals surface area contributed by atoms with Crippen molar-refractivity contribution < 1.29 is 33.6 Å². The van der Waals surface area contributed by atoms with E-state index in [-0.39, 0.29) is 31.3 Å². The molecule has 0 aromatic rings. The molecule has 0 spiro atoms. The highest BCUT2D eigenvalue weighted by atomic mass is 32.3. The summed E-state index contributed by atoms with van der Waals surface area (Å²) in [7, 11) is -3.38. The van der Waals surface area contributed by atoms with Crippen molar-refractivity contribution in [2.45, 2.75) is 39.2 Å². The van der Waals surface area contributed by atoms with Gasteiger partial charge in [0, 0.05) is 38.4 Å². The Balaban J connectivity index is 0. The van der Waals surface area contributed by atoms with E-state index < -0.39 is 27.2 Å². The fraction of sp³-hybridized carbons (Fsp3) is 0.625. The highest BCUT2D eigenvalue weighted by Gasteiger charge is 2.28. The lowest BCUT2D eigenvalue weighted by Gasteiger charge is -2.34. The Labute approximate surface area is 159 Å². The van der Waals surface area contributed by atoms with Gasteiger partial charge in [-0.2, -0.15) is 0 Å². The first kappa shape index (κ1) is 27.1. The van der Waals surface area contributed by atoms with Crippen LogP contribution in [0.5, 0.6) is 0 Å². The number of carboxylic acids is 2. The maximum atomic E-state index is 12.2. The molecule has 1 saturated heterocycles. The molecule has 1 unspecified atom stereocenters. The number of hydrogen-bond donors (Lipinski definition) is 5. The van der Waals surface area contributed by atoms with Crippen LogP contribution >= 0.6 is 0 Å². The van der Waals surface area contributed by atoms with E-state index in [9.17, 15) is 23.4 Å². The van der Waals surface area contributed by atoms with E-state index in [1.165, 1.54) is 17.9 Å². The quantitative estimate of drug-likeness (QED) is 0.256. The van der Waals surface area contributed by atoms with Gasteiger partial charge in [0.25, 0.3) is 0 Å². The maximum Gasteiger partial charge on any atom is 0.322 e. The van der Waals surface area contributed by atoms with Crippen LogP contribution in [0.4, 0.5) is 0 Å². The molecule has 1 rings (SSSR count). The highest BCUT2D eigenvalue weighted by molar-refractivity contribution is 8.19. The van der Waals surface area contributed by atoms with Gasteiger partial charge in [0.15, 0.2) is 0 Å². The molecule has 1 heterocycles. The average molecular weight is 410 g/mol. The van der Waals surface area contributed by atoms with Gasteiger partial charge in [-0.3, -0.25) is 28.7 Å². The van der Waals surface area contributed by atoms with Gasteiger partial charge >= 0.3 is 11.9 Å². The second-order valence-electron chi connectivity index (χ2n) is 5.91. The highest BCUT2D eigenvalue weighted by Crippen LogP contribution is 2.14. The largest absolute Gasteiger partial charge is 0.481 e. The van der Waals surface area contributed by atoms with Gasteiger partial charge in [0.2, 0.25) is 11.8 Å². The standard InChI is InChI=1S/C10H20N2O5S.C4H5NO2.C2H6/c1-4-18(2,3,17)12-8(10(15)16)7-11-6-5-9(13)14;6-3-1-2-4(7)5-3;1-2/h4,8,11H,1,5-7H2,2-3H3,(H,12,17)(H,13,14)(H,15,16);1-2H2,(H,5,6,7);1-2H3. The summed E-state index contributed by atoms with van der Waals surface area (Å²) in [5.74, 6) is -2.43. The summed E-state index contributed by atoms with van der Waals surface area (Å²) in [6.07, 6.45) is 3.41. The zero-order chi connectivity index (χ0) is 21.7. The first-order chi connectivity index (χ1) is 12.3. The molecule has 0 aliphatic carbocycles. The van der Waals surface area contributed by atoms with Crippen LogP contribution in [-0.4, -0.2) is 69.8 Å². The molecule has 0 saturated carbocycles. The molecule has 0 radical (unpaired) electrons. The van der Waals surface area contributed by atoms with Crippen molar-refractivity contribution in [3.8, 4) is 0 Å². The van der Waals surface area contributed by atoms with Crippen LogP contribution in [0.2, 0.25) is 0 Å². The van der Waals surface area contributed by atoms with Crippen molar-refractivity contribution in [2.24, 2.45) is 0 Å². The summed E-state index contributed by atoms with van der Waals surface area (Å²) < 4.78 is 14.7. The van der Waals surface area contributed by atoms with E-state index in [2.05, 4.69) is 21.9 Å². The molecule has 1 atom stereocenters. The third-order valence-electron chi connectivity index (χ3n) is 3.00. The van der Waals surface area contributed by atoms with Crippen LogP contribution in [0.25, 0.3) is 0 Å². The molecule has 1 fully saturated rings. The summed E-state index contributed by atoms with van der Waals surface area (Å²) in [5.41, 5.74) is 0. The number of aliphatic carboxylic acids is 2. The molecular weight excluding hydrogens is 378 g/mol. The first-order valence-corrected chi connectivity index (χ1v) is 11.2. The first-order valence-electron chi connectivity index (χ1n) is 8.35. The molecule has 0 aromatic heterocycles. The molecule has 0 aromatic carbocycles. The summed E-state index contributed by atoms with van der Waals surface area (Å²) in [5, 5.41) is 23.4. The Morgan fingerprint density at radius 1 is 1.22 bits per heavy atom. The predicted octanol–water partition coefficient (Wildman–Crippen LogP) is -0.319. The Bertz CT molecular complexity index is 599. The third kappa shape index (κ3) is 14.7. The second-order valence-corrected chi connectivity index (χ2v) is 10.3. The lowest BCUT2D eigenvalue weighted by atomic mass is 10.3. The van der Waals surface area contributed by atoms with Gasteiger partial charge in [0.1, 0.15) is 6.04 Å². The number of carbonyl (C=O) groups excluding carboxylic acids is 2. The van der Waals surface area contributed by atoms with Crippen LogP contribution in [0, 0.1) is 0 Å². The van der Waals surface area contributed by atoms with Crippen molar-refractivity contribution >= 4 is 33.0 Å². The molecule has 158 valence electrons. The average Bonchev–Trinajstić information content (AvgIpc) is 2.95. The zero-order valence-corrected chi connectivity index (χ0v) is 17.1. The number of amides is 2. The monoisotopic (exact) mass is 409 g/mol. The zero-order valence-electron chi connectivity index (χ0n) is 16.2. The van der Waals surface area contributed by atoms with Crippen molar-refractivity contribution in [3.05, 3.63) is 12.0 Å². The van der Waals surface area contributed by atoms with Crippen molar-refractivity contribution in [2.75, 3.05) is 25.6 Å². The summed E-state index contributed by atoms with van der Waals surface area (Å²) in [6.45, 7) is 7.54. The van der Waals surface area contributed by atoms with E-state index in [1.54, 1.807) is 0 Å². The topological polar surface area (TPSA) is 162 Å². The summed E-state index contributed by atoms with van der Waals surface area (Å²) in [4.78, 5) is 41.5. The van der Waals surface area contributed by atoms with Crippen LogP contribution < -0.4 is 15.4 Å². The van der Waals surface area contributed by atoms with Gasteiger partial charge in [-0.1, -0.05) is 20.4 Å². The van der Waals surface area contributed by atoms with Crippen LogP contribution in [0.15, 0.2) is 12.0 Å². The minimum absolute atomic E-state index is 0.0212. The number of nitrogens with one attached hydrogen (secondary N) is 3. The van der Waals surface area contributed by atoms with Gasteiger partial charge in [-0.25, -0.2) is 4.72 Å². The molecule has 10 nitrogen and oxygen atoms in total. The Morgan fingerprint density at radius 3 is 2.00 bits per heavy atom. The minimum Gasteiger partial charge on any atom is -0.481 e. The van der Waals surface area contributed by atoms with Gasteiger partial charge in [-0.15, -0.1) is 0 Å². The molecular formula is C16H31N3O7S. The minimum atomic E-state index is -3.38. The molecule has 0 bridgehead atoms. The van der Waals surface area contributed by atoms with E-state index in [0.717, 1.165) is 0 Å². The normalized spacial score (nSPS) is 15.6. The Morgan fingerprint density at radius 2 is 1.70 bits per heavy atom. The van der Waals surface area contributed by atoms with E-state index >= 15 is 0 Å². The summed E-state index contributed by atoms with van der Waals surface area (Å²) in [6, 6.07) is -1.08. The molecule has 11 heteroatoms. The van der Waals surface area contributed by atoms with Crippen LogP contribution in [0.1, 0.15) is 33.1 Å². The van der Waals surface area contributed by atoms with Gasteiger partial charge in [0.05, 0.1) is 6.42 Å². The molecule has 27 heavy (non-hydrogen) atoms. The molecule has 1 aliphatic heterocycles. The molecule has 5 N–H and O–H groups in total. The number of imide groups is 1. The van der Waals surface area contributed by atoms with Crippen molar-refractivity contribution in [1.29, 1.82) is 0 Å². The van der Waals surface area contributed by atoms with E-state index in [4.69, 9.17) is 10.2 Å². The summed E-state index contributed by atoms with van der Waals surface area (Å²) >= 11 is 0. The van der Waals surface area contributed by atoms with E-state index in [0.29, 0.717) is 12.8 Å². The Kier molecular flexibility index (Phi) is 12.4. The van der Waals surface area contributed by atoms with Crippen LogP contribution in [-0.2, 0) is 28.4 Å². The van der Waals surface area contributed by atoms with E-state index in [1.807, 2.05) is 13.8 Å². The number of carbonyl (C=O) groups is 4. The molecule has 1 aliphatic rings. The lowest BCUT2D eigenvalue weighted by Crippen LogP contribution is -2.55. The van der Waals surface area contributed by atoms with Crippen molar-refractivity contribution in [1.82, 2.24) is 15.4 Å². The molecule has 2 amide bonds. The fourth-order valence-electron chi connectivity index (χ4n) is 1.60. The SMILES string of the molecule is C=CS(C)(C)(=O)NC(CNCCC(=O)O)C(=O)O.CC.O=C1CCC(=O)N1. The van der Waals surface area contributed by atoms with Crippen molar-refractivity contribution in [3.63, 3.8) is 0 Å². The Hall–Kier alpha value is -2.11. The number of hydrogen-bond acceptors (Lipinski definition) is 6. The predicted molar refractivity (Wildman–Crippen MR) is 104 cm³/mol. The number of carboxylic acid groups (broad SMARTS) is 2. The smallest absolute Gasteiger partial charge is 0.322 e. The maximum absolute atomic E-state index is 12.2. The fourth-order valence-corrected chi connectivity index (χ4v) is 2.73. The third-order valence-corrected chi connectivity index (χ3v) is 4.96.